The molecule has 0 saturated heterocycles. The molecule has 0 unspecified atom stereocenters. The smallest absolute Gasteiger partial charge is 0.175 e. The number of nitrogens with zero attached hydrogens (tertiary/aromatic N) is 3. The van der Waals surface area contributed by atoms with E-state index in [1.54, 1.807) is 30.5 Å². The summed E-state index contributed by atoms with van der Waals surface area (Å²) in [5, 5.41) is 20.7. The zero-order valence-electron chi connectivity index (χ0n) is 22.1. The van der Waals surface area contributed by atoms with Crippen molar-refractivity contribution < 1.29 is 8.42 Å². The number of aromatic nitrogens is 1. The maximum Gasteiger partial charge on any atom is 0.175 e. The average Bonchev–Trinajstić information content (AvgIpc) is 2.90. The SMILES string of the molecule is CC(C)(C#N)/C(=C\c1cccc(-c2cc(C(C)(C)C#N)cc3cccnc23)c1)c1ccc(S(C)(=O)=O)cc1. The number of rotatable bonds is 6. The third-order valence-electron chi connectivity index (χ3n) is 6.76. The van der Waals surface area contributed by atoms with Crippen molar-refractivity contribution in [2.75, 3.05) is 6.26 Å². The molecule has 0 atom stereocenters. The lowest BCUT2D eigenvalue weighted by Gasteiger charge is -2.21. The van der Waals surface area contributed by atoms with Crippen molar-refractivity contribution in [2.24, 2.45) is 5.41 Å². The number of benzene rings is 3. The van der Waals surface area contributed by atoms with Gasteiger partial charge in [0.1, 0.15) is 0 Å². The van der Waals surface area contributed by atoms with Crippen LogP contribution in [0.3, 0.4) is 0 Å². The van der Waals surface area contributed by atoms with Crippen molar-refractivity contribution in [3.8, 4) is 23.3 Å². The van der Waals surface area contributed by atoms with Gasteiger partial charge in [-0.3, -0.25) is 4.98 Å². The Bertz CT molecular complexity index is 1750. The molecule has 0 bridgehead atoms. The highest BCUT2D eigenvalue weighted by Crippen LogP contribution is 2.38. The Morgan fingerprint density at radius 2 is 1.61 bits per heavy atom. The van der Waals surface area contributed by atoms with Gasteiger partial charge in [-0.15, -0.1) is 0 Å². The topological polar surface area (TPSA) is 94.6 Å². The molecule has 5 nitrogen and oxygen atoms in total. The normalized spacial score (nSPS) is 12.7. The fourth-order valence-electron chi connectivity index (χ4n) is 4.37. The molecule has 0 aliphatic carbocycles. The van der Waals surface area contributed by atoms with Gasteiger partial charge in [0.2, 0.25) is 0 Å². The third-order valence-corrected chi connectivity index (χ3v) is 7.89. The van der Waals surface area contributed by atoms with Gasteiger partial charge in [0.05, 0.1) is 33.4 Å². The van der Waals surface area contributed by atoms with E-state index < -0.39 is 20.7 Å². The van der Waals surface area contributed by atoms with E-state index in [9.17, 15) is 18.9 Å². The van der Waals surface area contributed by atoms with E-state index in [0.717, 1.165) is 44.3 Å². The summed E-state index contributed by atoms with van der Waals surface area (Å²) in [6.45, 7) is 7.49. The first-order valence-electron chi connectivity index (χ1n) is 12.2. The minimum Gasteiger partial charge on any atom is -0.256 e. The van der Waals surface area contributed by atoms with Crippen LogP contribution in [0.15, 0.2) is 83.9 Å². The minimum absolute atomic E-state index is 0.233. The van der Waals surface area contributed by atoms with Crippen LogP contribution in [-0.2, 0) is 15.3 Å². The van der Waals surface area contributed by atoms with Gasteiger partial charge in [0.25, 0.3) is 0 Å². The van der Waals surface area contributed by atoms with Crippen molar-refractivity contribution in [3.05, 3.63) is 95.7 Å². The first-order chi connectivity index (χ1) is 17.9. The number of nitriles is 2. The third kappa shape index (κ3) is 5.37. The second kappa shape index (κ2) is 9.89. The fourth-order valence-corrected chi connectivity index (χ4v) is 5.00. The lowest BCUT2D eigenvalue weighted by Crippen LogP contribution is -2.14. The van der Waals surface area contributed by atoms with Gasteiger partial charge >= 0.3 is 0 Å². The molecule has 0 radical (unpaired) electrons. The van der Waals surface area contributed by atoms with Gasteiger partial charge in [-0.1, -0.05) is 36.4 Å². The fraction of sp³-hybridized carbons (Fsp3) is 0.219. The van der Waals surface area contributed by atoms with Gasteiger partial charge < -0.3 is 0 Å². The molecule has 4 aromatic rings. The van der Waals surface area contributed by atoms with Crippen molar-refractivity contribution in [1.29, 1.82) is 10.5 Å². The van der Waals surface area contributed by atoms with E-state index in [1.807, 2.05) is 82.3 Å². The maximum absolute atomic E-state index is 11.9. The quantitative estimate of drug-likeness (QED) is 0.251. The van der Waals surface area contributed by atoms with Crippen LogP contribution < -0.4 is 0 Å². The van der Waals surface area contributed by atoms with Crippen LogP contribution in [0.4, 0.5) is 0 Å². The van der Waals surface area contributed by atoms with E-state index in [-0.39, 0.29) is 4.90 Å². The summed E-state index contributed by atoms with van der Waals surface area (Å²) in [4.78, 5) is 4.87. The molecule has 190 valence electrons. The molecule has 1 aromatic heterocycles. The Balaban J connectivity index is 1.89. The Hall–Kier alpha value is -4.26. The Kier molecular flexibility index (Phi) is 6.98. The Morgan fingerprint density at radius 1 is 0.895 bits per heavy atom. The molecule has 0 amide bonds. The van der Waals surface area contributed by atoms with Crippen molar-refractivity contribution in [3.63, 3.8) is 0 Å². The summed E-state index contributed by atoms with van der Waals surface area (Å²) in [5.41, 5.74) is 4.58. The van der Waals surface area contributed by atoms with Crippen LogP contribution in [0.1, 0.15) is 44.4 Å². The second-order valence-corrected chi connectivity index (χ2v) is 12.6. The van der Waals surface area contributed by atoms with Gasteiger partial charge in [0, 0.05) is 23.4 Å². The zero-order chi connectivity index (χ0) is 27.7. The van der Waals surface area contributed by atoms with Gasteiger partial charge in [-0.05, 0) is 98.0 Å². The van der Waals surface area contributed by atoms with E-state index in [2.05, 4.69) is 17.1 Å². The monoisotopic (exact) mass is 519 g/mol. The van der Waals surface area contributed by atoms with Crippen LogP contribution in [0.5, 0.6) is 0 Å². The van der Waals surface area contributed by atoms with Crippen molar-refractivity contribution >= 4 is 32.4 Å². The number of hydrogen-bond acceptors (Lipinski definition) is 5. The Morgan fingerprint density at radius 3 is 2.24 bits per heavy atom. The summed E-state index contributed by atoms with van der Waals surface area (Å²) in [5.74, 6) is 0. The molecule has 0 aliphatic heterocycles. The number of pyridine rings is 1. The summed E-state index contributed by atoms with van der Waals surface area (Å²) in [7, 11) is -3.33. The molecule has 0 aliphatic rings. The molecular weight excluding hydrogens is 490 g/mol. The molecule has 0 spiro atoms. The van der Waals surface area contributed by atoms with Crippen LogP contribution in [0, 0.1) is 28.1 Å². The van der Waals surface area contributed by atoms with Gasteiger partial charge in [-0.2, -0.15) is 10.5 Å². The predicted octanol–water partition coefficient (Wildman–Crippen LogP) is 7.20. The first-order valence-corrected chi connectivity index (χ1v) is 14.1. The highest BCUT2D eigenvalue weighted by molar-refractivity contribution is 7.90. The highest BCUT2D eigenvalue weighted by atomic mass is 32.2. The number of sulfone groups is 1. The summed E-state index contributed by atoms with van der Waals surface area (Å²) >= 11 is 0. The van der Waals surface area contributed by atoms with E-state index in [4.69, 9.17) is 0 Å². The molecule has 0 N–H and O–H groups in total. The number of hydrogen-bond donors (Lipinski definition) is 0. The van der Waals surface area contributed by atoms with Gasteiger partial charge in [0.15, 0.2) is 9.84 Å². The summed E-state index contributed by atoms with van der Waals surface area (Å²) in [6.07, 6.45) is 4.91. The lowest BCUT2D eigenvalue weighted by molar-refractivity contribution is 0.602. The van der Waals surface area contributed by atoms with E-state index >= 15 is 0 Å². The summed E-state index contributed by atoms with van der Waals surface area (Å²) < 4.78 is 23.9. The molecule has 3 aromatic carbocycles. The van der Waals surface area contributed by atoms with E-state index in [0.29, 0.717) is 0 Å². The van der Waals surface area contributed by atoms with E-state index in [1.165, 1.54) is 6.26 Å². The standard InChI is InChI=1S/C32H29N3O2S/c1-31(2,20-33)26-18-25-10-7-15-35-30(25)28(19-26)24-9-6-8-22(16-24)17-29(32(3,4)21-34)23-11-13-27(14-12-23)38(5,36)37/h6-19H,1-5H3/b29-17-. The van der Waals surface area contributed by atoms with Crippen molar-refractivity contribution in [1.82, 2.24) is 4.98 Å². The molecule has 0 fully saturated rings. The predicted molar refractivity (Wildman–Crippen MR) is 153 cm³/mol. The maximum atomic E-state index is 11.9. The number of fused-ring (bicyclic) bond motifs is 1. The van der Waals surface area contributed by atoms with Crippen molar-refractivity contribution in [2.45, 2.75) is 38.0 Å². The number of allylic oxidation sites excluding steroid dienone is 1. The van der Waals surface area contributed by atoms with Crippen LogP contribution >= 0.6 is 0 Å². The molecule has 6 heteroatoms. The van der Waals surface area contributed by atoms with Crippen LogP contribution in [-0.4, -0.2) is 19.7 Å². The molecule has 0 saturated carbocycles. The molecule has 1 heterocycles. The minimum atomic E-state index is -3.33. The second-order valence-electron chi connectivity index (χ2n) is 10.6. The highest BCUT2D eigenvalue weighted by Gasteiger charge is 2.25. The van der Waals surface area contributed by atoms with Gasteiger partial charge in [-0.25, -0.2) is 8.42 Å². The molecular formula is C32H29N3O2S. The summed E-state index contributed by atoms with van der Waals surface area (Å²) in [6, 6.07) is 27.3. The average molecular weight is 520 g/mol. The van der Waals surface area contributed by atoms with Crippen LogP contribution in [0.2, 0.25) is 0 Å². The first kappa shape index (κ1) is 26.8. The Labute approximate surface area is 224 Å². The largest absolute Gasteiger partial charge is 0.256 e. The van der Waals surface area contributed by atoms with Crippen LogP contribution in [0.25, 0.3) is 33.7 Å². The lowest BCUT2D eigenvalue weighted by atomic mass is 9.80. The molecule has 4 rings (SSSR count). The molecule has 38 heavy (non-hydrogen) atoms. The zero-order valence-corrected chi connectivity index (χ0v) is 23.0.